The average molecular weight is 271 g/mol. The van der Waals surface area contributed by atoms with Gasteiger partial charge < -0.3 is 16.0 Å². The van der Waals surface area contributed by atoms with Crippen LogP contribution in [0.5, 0.6) is 0 Å². The third-order valence-corrected chi connectivity index (χ3v) is 3.41. The summed E-state index contributed by atoms with van der Waals surface area (Å²) < 4.78 is 0. The van der Waals surface area contributed by atoms with E-state index in [0.717, 1.165) is 12.8 Å². The van der Waals surface area contributed by atoms with E-state index in [-0.39, 0.29) is 11.8 Å². The van der Waals surface area contributed by atoms with Crippen LogP contribution in [0.2, 0.25) is 0 Å². The van der Waals surface area contributed by atoms with Crippen molar-refractivity contribution in [1.82, 2.24) is 10.2 Å². The van der Waals surface area contributed by atoms with Gasteiger partial charge in [0.15, 0.2) is 0 Å². The number of carbonyl (C=O) groups is 2. The highest BCUT2D eigenvalue weighted by atomic mass is 16.2. The molecule has 0 aromatic carbocycles. The number of amides is 2. The number of likely N-dealkylation sites (N-methyl/N-ethyl adjacent to an activating group) is 1. The second-order valence-corrected chi connectivity index (χ2v) is 5.64. The van der Waals surface area contributed by atoms with Gasteiger partial charge in [0.1, 0.15) is 6.04 Å². The highest BCUT2D eigenvalue weighted by molar-refractivity contribution is 5.86. The molecule has 5 nitrogen and oxygen atoms in total. The zero-order valence-electron chi connectivity index (χ0n) is 12.9. The molecule has 2 unspecified atom stereocenters. The van der Waals surface area contributed by atoms with Crippen molar-refractivity contribution in [3.63, 3.8) is 0 Å². The second-order valence-electron chi connectivity index (χ2n) is 5.64. The molecule has 2 atom stereocenters. The third kappa shape index (κ3) is 7.15. The third-order valence-electron chi connectivity index (χ3n) is 3.41. The number of carbonyl (C=O) groups excluding carboxylic acids is 2. The van der Waals surface area contributed by atoms with Crippen molar-refractivity contribution in [3.8, 4) is 0 Å². The van der Waals surface area contributed by atoms with Crippen molar-refractivity contribution >= 4 is 11.8 Å². The molecule has 0 saturated carbocycles. The molecule has 0 rings (SSSR count). The van der Waals surface area contributed by atoms with Gasteiger partial charge in [-0.2, -0.15) is 0 Å². The summed E-state index contributed by atoms with van der Waals surface area (Å²) in [6.07, 6.45) is 2.22. The Labute approximate surface area is 116 Å². The van der Waals surface area contributed by atoms with E-state index in [1.54, 1.807) is 21.0 Å². The van der Waals surface area contributed by atoms with E-state index >= 15 is 0 Å². The number of nitrogens with zero attached hydrogens (tertiary/aromatic N) is 1. The van der Waals surface area contributed by atoms with Crippen LogP contribution >= 0.6 is 0 Å². The van der Waals surface area contributed by atoms with Crippen LogP contribution in [0.15, 0.2) is 0 Å². The quantitative estimate of drug-likeness (QED) is 0.691. The van der Waals surface area contributed by atoms with E-state index in [0.29, 0.717) is 24.8 Å². The van der Waals surface area contributed by atoms with Crippen LogP contribution in [0.25, 0.3) is 0 Å². The van der Waals surface area contributed by atoms with Crippen molar-refractivity contribution in [3.05, 3.63) is 0 Å². The molecule has 0 fully saturated rings. The normalized spacial score (nSPS) is 14.1. The van der Waals surface area contributed by atoms with Gasteiger partial charge in [-0.05, 0) is 38.1 Å². The first-order valence-electron chi connectivity index (χ1n) is 7.00. The topological polar surface area (TPSA) is 75.4 Å². The Morgan fingerprint density at radius 3 is 2.16 bits per heavy atom. The Hall–Kier alpha value is -1.10. The summed E-state index contributed by atoms with van der Waals surface area (Å²) in [5, 5.41) is 2.74. The molecule has 0 aliphatic carbocycles. The summed E-state index contributed by atoms with van der Waals surface area (Å²) in [6, 6.07) is -0.463. The van der Waals surface area contributed by atoms with Crippen LogP contribution in [0.4, 0.5) is 0 Å². The summed E-state index contributed by atoms with van der Waals surface area (Å²) in [6.45, 7) is 6.66. The molecule has 0 radical (unpaired) electrons. The van der Waals surface area contributed by atoms with Crippen LogP contribution in [-0.4, -0.2) is 43.4 Å². The van der Waals surface area contributed by atoms with Crippen LogP contribution in [0, 0.1) is 11.8 Å². The molecular weight excluding hydrogens is 242 g/mol. The van der Waals surface area contributed by atoms with Gasteiger partial charge in [0.05, 0.1) is 0 Å². The van der Waals surface area contributed by atoms with Gasteiger partial charge in [0.2, 0.25) is 11.8 Å². The lowest BCUT2D eigenvalue weighted by Gasteiger charge is -2.21. The van der Waals surface area contributed by atoms with Crippen molar-refractivity contribution in [2.45, 2.75) is 46.1 Å². The lowest BCUT2D eigenvalue weighted by molar-refractivity contribution is -0.134. The lowest BCUT2D eigenvalue weighted by Crippen LogP contribution is -2.44. The van der Waals surface area contributed by atoms with Gasteiger partial charge in [-0.15, -0.1) is 0 Å². The van der Waals surface area contributed by atoms with Crippen molar-refractivity contribution in [2.75, 3.05) is 20.6 Å². The van der Waals surface area contributed by atoms with Crippen LogP contribution in [0.3, 0.4) is 0 Å². The molecule has 5 heteroatoms. The molecule has 112 valence electrons. The fourth-order valence-electron chi connectivity index (χ4n) is 2.10. The molecular formula is C14H29N3O2. The Morgan fingerprint density at radius 1 is 1.16 bits per heavy atom. The highest BCUT2D eigenvalue weighted by Crippen LogP contribution is 2.20. The number of hydrogen-bond acceptors (Lipinski definition) is 3. The predicted octanol–water partition coefficient (Wildman–Crippen LogP) is 0.981. The van der Waals surface area contributed by atoms with E-state index in [4.69, 9.17) is 5.73 Å². The lowest BCUT2D eigenvalue weighted by atomic mass is 9.88. The Balaban J connectivity index is 4.13. The molecule has 0 aromatic rings. The number of nitrogens with two attached hydrogens (primary N) is 1. The fourth-order valence-corrected chi connectivity index (χ4v) is 2.10. The minimum atomic E-state index is -0.463. The van der Waals surface area contributed by atoms with E-state index < -0.39 is 6.04 Å². The Morgan fingerprint density at radius 2 is 1.74 bits per heavy atom. The first kappa shape index (κ1) is 17.9. The summed E-state index contributed by atoms with van der Waals surface area (Å²) in [7, 11) is 3.36. The maximum Gasteiger partial charge on any atom is 0.244 e. The van der Waals surface area contributed by atoms with Crippen LogP contribution < -0.4 is 11.1 Å². The zero-order valence-corrected chi connectivity index (χ0v) is 12.9. The predicted molar refractivity (Wildman–Crippen MR) is 77.5 cm³/mol. The number of nitrogens with one attached hydrogen (secondary N) is 1. The second kappa shape index (κ2) is 8.91. The molecule has 0 saturated heterocycles. The first-order chi connectivity index (χ1) is 8.79. The molecule has 0 heterocycles. The molecule has 0 aromatic heterocycles. The smallest absolute Gasteiger partial charge is 0.244 e. The van der Waals surface area contributed by atoms with E-state index in [2.05, 4.69) is 19.2 Å². The van der Waals surface area contributed by atoms with E-state index in [9.17, 15) is 9.59 Å². The standard InChI is InChI=1S/C14H29N3O2/c1-10(2)12(8-9-15)6-7-13(18)16-11(3)14(19)17(4)5/h10-12H,6-9,15H2,1-5H3,(H,16,18). The molecule has 0 aliphatic heterocycles. The molecule has 0 bridgehead atoms. The Kier molecular flexibility index (Phi) is 8.39. The average Bonchev–Trinajstić information content (AvgIpc) is 2.32. The van der Waals surface area contributed by atoms with Crippen molar-refractivity contribution < 1.29 is 9.59 Å². The maximum absolute atomic E-state index is 11.8. The first-order valence-corrected chi connectivity index (χ1v) is 7.00. The van der Waals surface area contributed by atoms with Crippen LogP contribution in [-0.2, 0) is 9.59 Å². The van der Waals surface area contributed by atoms with Gasteiger partial charge in [0.25, 0.3) is 0 Å². The Bertz CT molecular complexity index is 290. The molecule has 0 spiro atoms. The van der Waals surface area contributed by atoms with E-state index in [1.807, 2.05) is 0 Å². The zero-order chi connectivity index (χ0) is 15.0. The molecule has 0 aliphatic rings. The summed E-state index contributed by atoms with van der Waals surface area (Å²) in [4.78, 5) is 24.9. The van der Waals surface area contributed by atoms with Gasteiger partial charge in [-0.1, -0.05) is 13.8 Å². The monoisotopic (exact) mass is 271 g/mol. The van der Waals surface area contributed by atoms with Gasteiger partial charge >= 0.3 is 0 Å². The van der Waals surface area contributed by atoms with Crippen LogP contribution in [0.1, 0.15) is 40.0 Å². The number of hydrogen-bond donors (Lipinski definition) is 2. The largest absolute Gasteiger partial charge is 0.347 e. The molecule has 3 N–H and O–H groups in total. The highest BCUT2D eigenvalue weighted by Gasteiger charge is 2.19. The van der Waals surface area contributed by atoms with Crippen molar-refractivity contribution in [1.29, 1.82) is 0 Å². The van der Waals surface area contributed by atoms with Gasteiger partial charge in [0, 0.05) is 20.5 Å². The summed E-state index contributed by atoms with van der Waals surface area (Å²) in [5.41, 5.74) is 5.58. The maximum atomic E-state index is 11.8. The van der Waals surface area contributed by atoms with E-state index in [1.165, 1.54) is 4.90 Å². The SMILES string of the molecule is CC(NC(=O)CCC(CCN)C(C)C)C(=O)N(C)C. The number of rotatable bonds is 8. The molecule has 2 amide bonds. The summed E-state index contributed by atoms with van der Waals surface area (Å²) >= 11 is 0. The van der Waals surface area contributed by atoms with Gasteiger partial charge in [-0.3, -0.25) is 9.59 Å². The minimum Gasteiger partial charge on any atom is -0.347 e. The molecule has 19 heavy (non-hydrogen) atoms. The van der Waals surface area contributed by atoms with Crippen molar-refractivity contribution in [2.24, 2.45) is 17.6 Å². The fraction of sp³-hybridized carbons (Fsp3) is 0.857. The van der Waals surface area contributed by atoms with Gasteiger partial charge in [-0.25, -0.2) is 0 Å². The summed E-state index contributed by atoms with van der Waals surface area (Å²) in [5.74, 6) is 0.842. The minimum absolute atomic E-state index is 0.0645.